The van der Waals surface area contributed by atoms with Crippen LogP contribution in [-0.4, -0.2) is 45.1 Å². The minimum atomic E-state index is -4.70. The molecule has 1 aromatic carbocycles. The summed E-state index contributed by atoms with van der Waals surface area (Å²) in [6.07, 6.45) is -2.96. The third kappa shape index (κ3) is 4.64. The van der Waals surface area contributed by atoms with E-state index in [9.17, 15) is 27.6 Å². The average Bonchev–Trinajstić information content (AvgIpc) is 3.53. The van der Waals surface area contributed by atoms with Gasteiger partial charge in [0.1, 0.15) is 12.2 Å². The summed E-state index contributed by atoms with van der Waals surface area (Å²) >= 11 is 0. The first-order valence-corrected chi connectivity index (χ1v) is 11.2. The molecule has 0 spiro atoms. The highest BCUT2D eigenvalue weighted by molar-refractivity contribution is 6.15. The second-order valence-corrected chi connectivity index (χ2v) is 8.16. The minimum Gasteiger partial charge on any atom is -0.464 e. The predicted molar refractivity (Wildman–Crippen MR) is 117 cm³/mol. The van der Waals surface area contributed by atoms with Crippen LogP contribution < -0.4 is 10.5 Å². The second-order valence-electron chi connectivity index (χ2n) is 8.16. The molecule has 1 fully saturated rings. The Hall–Kier alpha value is -3.90. The third-order valence-corrected chi connectivity index (χ3v) is 5.71. The van der Waals surface area contributed by atoms with Crippen molar-refractivity contribution in [3.8, 4) is 0 Å². The van der Waals surface area contributed by atoms with Crippen LogP contribution in [0.4, 0.5) is 13.2 Å². The summed E-state index contributed by atoms with van der Waals surface area (Å²) in [5.74, 6) is -1.37. The maximum atomic E-state index is 13.7. The molecule has 2 heterocycles. The van der Waals surface area contributed by atoms with Gasteiger partial charge in [0.2, 0.25) is 5.69 Å². The summed E-state index contributed by atoms with van der Waals surface area (Å²) in [6.45, 7) is 3.12. The van der Waals surface area contributed by atoms with Gasteiger partial charge in [0.05, 0.1) is 19.2 Å². The molecule has 13 heteroatoms. The Kier molecular flexibility index (Phi) is 6.74. The highest BCUT2D eigenvalue weighted by atomic mass is 19.4. The molecule has 0 unspecified atom stereocenters. The van der Waals surface area contributed by atoms with E-state index >= 15 is 0 Å². The summed E-state index contributed by atoms with van der Waals surface area (Å²) < 4.78 is 52.4. The number of esters is 1. The van der Waals surface area contributed by atoms with Crippen LogP contribution in [0.5, 0.6) is 0 Å². The molecule has 0 saturated heterocycles. The van der Waals surface area contributed by atoms with Gasteiger partial charge in [0.25, 0.3) is 0 Å². The monoisotopic (exact) mass is 508 g/mol. The molecule has 1 aliphatic rings. The minimum absolute atomic E-state index is 0.125. The number of ether oxygens (including phenoxy) is 1. The fourth-order valence-corrected chi connectivity index (χ4v) is 3.81. The van der Waals surface area contributed by atoms with Crippen molar-refractivity contribution in [3.05, 3.63) is 68.2 Å². The van der Waals surface area contributed by atoms with Gasteiger partial charge in [-0.3, -0.25) is 4.79 Å². The zero-order chi connectivity index (χ0) is 26.2. The Balaban J connectivity index is 1.85. The Morgan fingerprint density at radius 1 is 1.22 bits per heavy atom. The normalized spacial score (nSPS) is 13.6. The van der Waals surface area contributed by atoms with Crippen molar-refractivity contribution < 1.29 is 36.9 Å². The van der Waals surface area contributed by atoms with Crippen LogP contribution in [0.25, 0.3) is 0 Å². The van der Waals surface area contributed by atoms with E-state index in [4.69, 9.17) is 14.1 Å². The van der Waals surface area contributed by atoms with Crippen molar-refractivity contribution in [1.82, 2.24) is 19.7 Å². The van der Waals surface area contributed by atoms with Crippen LogP contribution in [0.1, 0.15) is 81.7 Å². The Morgan fingerprint density at radius 2 is 1.94 bits per heavy atom. The zero-order valence-corrected chi connectivity index (χ0v) is 19.7. The molecule has 0 bridgehead atoms. The molecule has 36 heavy (non-hydrogen) atoms. The summed E-state index contributed by atoms with van der Waals surface area (Å²) in [5.41, 5.74) is -2.52. The molecule has 0 atom stereocenters. The van der Waals surface area contributed by atoms with E-state index in [1.165, 1.54) is 0 Å². The van der Waals surface area contributed by atoms with Gasteiger partial charge in [0, 0.05) is 17.9 Å². The fraction of sp³-hybridized carbons (Fsp3) is 0.435. The summed E-state index contributed by atoms with van der Waals surface area (Å²) in [5, 5.41) is 7.84. The number of aryl methyl sites for hydroxylation is 1. The molecule has 0 N–H and O–H groups in total. The molecule has 1 saturated carbocycles. The molecule has 4 rings (SSSR count). The maximum absolute atomic E-state index is 13.7. The van der Waals surface area contributed by atoms with E-state index in [1.54, 1.807) is 13.8 Å². The van der Waals surface area contributed by atoms with Crippen molar-refractivity contribution in [2.45, 2.75) is 51.7 Å². The number of hydrogen-bond acceptors (Lipinski definition) is 8. The highest BCUT2D eigenvalue weighted by Gasteiger charge is 2.38. The number of carbonyl (C=O) groups excluding carboxylic acids is 2. The second kappa shape index (κ2) is 9.63. The molecule has 3 aromatic rings. The topological polar surface area (TPSA) is 118 Å². The number of ketones is 1. The first kappa shape index (κ1) is 25.2. The predicted octanol–water partition coefficient (Wildman–Crippen LogP) is 3.01. The van der Waals surface area contributed by atoms with Gasteiger partial charge in [-0.1, -0.05) is 18.1 Å². The molecular weight excluding hydrogens is 485 g/mol. The lowest BCUT2D eigenvalue weighted by atomic mass is 9.94. The van der Waals surface area contributed by atoms with Crippen LogP contribution >= 0.6 is 0 Å². The van der Waals surface area contributed by atoms with E-state index in [-0.39, 0.29) is 46.5 Å². The molecule has 0 aliphatic heterocycles. The lowest BCUT2D eigenvalue weighted by molar-refractivity contribution is -0.137. The molecule has 2 aromatic heterocycles. The van der Waals surface area contributed by atoms with Crippen molar-refractivity contribution in [2.24, 2.45) is 0 Å². The number of rotatable bonds is 9. The van der Waals surface area contributed by atoms with E-state index < -0.39 is 35.7 Å². The van der Waals surface area contributed by atoms with Gasteiger partial charge in [-0.05, 0) is 37.5 Å². The smallest absolute Gasteiger partial charge is 0.416 e. The van der Waals surface area contributed by atoms with Crippen LogP contribution in [0.15, 0.2) is 27.5 Å². The lowest BCUT2D eigenvalue weighted by Gasteiger charge is -2.13. The number of hydrogen-bond donors (Lipinski definition) is 0. The molecule has 10 nitrogen and oxygen atoms in total. The summed E-state index contributed by atoms with van der Waals surface area (Å²) in [7, 11) is 1.11. The van der Waals surface area contributed by atoms with E-state index in [0.29, 0.717) is 19.3 Å². The maximum Gasteiger partial charge on any atom is 0.416 e. The fourth-order valence-electron chi connectivity index (χ4n) is 3.81. The molecule has 0 radical (unpaired) electrons. The Labute approximate surface area is 202 Å². The highest BCUT2D eigenvalue weighted by Crippen LogP contribution is 2.43. The van der Waals surface area contributed by atoms with Crippen LogP contribution in [-0.2, 0) is 23.9 Å². The van der Waals surface area contributed by atoms with Gasteiger partial charge in [-0.25, -0.2) is 14.3 Å². The van der Waals surface area contributed by atoms with Gasteiger partial charge >= 0.3 is 17.8 Å². The number of aromatic nitrogens is 4. The number of carbonyl (C=O) groups is 2. The van der Waals surface area contributed by atoms with Crippen molar-refractivity contribution in [3.63, 3.8) is 0 Å². The largest absolute Gasteiger partial charge is 0.464 e. The first-order chi connectivity index (χ1) is 17.1. The average molecular weight is 508 g/mol. The van der Waals surface area contributed by atoms with Gasteiger partial charge in [0.15, 0.2) is 17.4 Å². The first-order valence-electron chi connectivity index (χ1n) is 11.2. The Morgan fingerprint density at radius 3 is 2.53 bits per heavy atom. The summed E-state index contributed by atoms with van der Waals surface area (Å²) in [4.78, 5) is 44.0. The quantitative estimate of drug-likeness (QED) is 0.320. The lowest BCUT2D eigenvalue weighted by Crippen LogP contribution is -2.31. The van der Waals surface area contributed by atoms with Crippen molar-refractivity contribution >= 4 is 11.8 Å². The van der Waals surface area contributed by atoms with Gasteiger partial charge in [-0.2, -0.15) is 18.3 Å². The van der Waals surface area contributed by atoms with Gasteiger partial charge in [-0.15, -0.1) is 4.73 Å². The number of methoxy groups -OCH3 is 1. The van der Waals surface area contributed by atoms with E-state index in [0.717, 1.165) is 34.7 Å². The SMILES string of the molecule is CCOn1c(CC)nn(Cc2cc(C(F)(F)F)ccc2C(=O)c2c(C(=O)OC)noc2C2CC2)c1=O. The number of alkyl halides is 3. The number of nitrogens with zero attached hydrogens (tertiary/aromatic N) is 4. The van der Waals surface area contributed by atoms with Crippen LogP contribution in [0.2, 0.25) is 0 Å². The van der Waals surface area contributed by atoms with E-state index in [1.807, 2.05) is 0 Å². The van der Waals surface area contributed by atoms with Crippen LogP contribution in [0.3, 0.4) is 0 Å². The molecular formula is C23H23F3N4O6. The molecule has 192 valence electrons. The zero-order valence-electron chi connectivity index (χ0n) is 19.7. The Bertz CT molecular complexity index is 1370. The molecule has 1 aliphatic carbocycles. The van der Waals surface area contributed by atoms with Crippen LogP contribution in [0, 0.1) is 0 Å². The van der Waals surface area contributed by atoms with Crippen molar-refractivity contribution in [1.29, 1.82) is 0 Å². The van der Waals surface area contributed by atoms with Crippen molar-refractivity contribution in [2.75, 3.05) is 13.7 Å². The van der Waals surface area contributed by atoms with Gasteiger partial charge < -0.3 is 14.1 Å². The van der Waals surface area contributed by atoms with E-state index in [2.05, 4.69) is 10.3 Å². The number of halogens is 3. The summed E-state index contributed by atoms with van der Waals surface area (Å²) in [6, 6.07) is 2.56. The standard InChI is InChI=1S/C23H23F3N4O6/c1-4-16-27-29(22(33)30(16)35-5-2)11-13-10-14(23(24,25)26)8-9-15(13)19(31)17-18(21(32)34-3)28-36-20(17)12-6-7-12/h8-10,12H,4-7,11H2,1-3H3. The number of benzene rings is 1. The third-order valence-electron chi connectivity index (χ3n) is 5.71. The molecule has 0 amide bonds.